The molecule has 0 radical (unpaired) electrons. The summed E-state index contributed by atoms with van der Waals surface area (Å²) < 4.78 is 21.6. The smallest absolute Gasteiger partial charge is 0.319 e. The molecular weight excluding hydrogens is 325 g/mol. The number of aromatic nitrogens is 3. The lowest BCUT2D eigenvalue weighted by molar-refractivity contribution is 0.115. The zero-order chi connectivity index (χ0) is 17.2. The van der Waals surface area contributed by atoms with Crippen LogP contribution in [0.5, 0.6) is 5.75 Å². The summed E-state index contributed by atoms with van der Waals surface area (Å²) in [5.74, 6) is 0.472. The Morgan fingerprint density at radius 3 is 2.84 bits per heavy atom. The number of nitrogens with one attached hydrogen (secondary N) is 2. The van der Waals surface area contributed by atoms with E-state index in [2.05, 4.69) is 20.8 Å². The second-order valence-electron chi connectivity index (χ2n) is 6.51. The van der Waals surface area contributed by atoms with Gasteiger partial charge in [-0.15, -0.1) is 10.2 Å². The quantitative estimate of drug-likeness (QED) is 0.843. The van der Waals surface area contributed by atoms with Crippen molar-refractivity contribution in [2.75, 3.05) is 5.32 Å². The highest BCUT2D eigenvalue weighted by molar-refractivity contribution is 5.89. The first-order valence-corrected chi connectivity index (χ1v) is 8.58. The summed E-state index contributed by atoms with van der Waals surface area (Å²) in [7, 11) is 0. The minimum absolute atomic E-state index is 0.112. The van der Waals surface area contributed by atoms with Gasteiger partial charge in [-0.3, -0.25) is 0 Å². The summed E-state index contributed by atoms with van der Waals surface area (Å²) in [5, 5.41) is 13.2. The van der Waals surface area contributed by atoms with Gasteiger partial charge in [-0.2, -0.15) is 0 Å². The average molecular weight is 345 g/mol. The molecule has 4 rings (SSSR count). The molecule has 25 heavy (non-hydrogen) atoms. The van der Waals surface area contributed by atoms with Gasteiger partial charge in [-0.05, 0) is 44.2 Å². The summed E-state index contributed by atoms with van der Waals surface area (Å²) in [6.45, 7) is 0.272. The Hall–Kier alpha value is -2.64. The number of rotatable bonds is 6. The Morgan fingerprint density at radius 1 is 1.32 bits per heavy atom. The van der Waals surface area contributed by atoms with Crippen LogP contribution in [0.3, 0.4) is 0 Å². The zero-order valence-electron chi connectivity index (χ0n) is 13.7. The predicted molar refractivity (Wildman–Crippen MR) is 88.8 cm³/mol. The number of urea groups is 1. The second kappa shape index (κ2) is 6.70. The van der Waals surface area contributed by atoms with Crippen molar-refractivity contribution in [3.63, 3.8) is 0 Å². The fourth-order valence-electron chi connectivity index (χ4n) is 2.73. The molecule has 0 bridgehead atoms. The molecule has 1 aromatic carbocycles. The largest absolute Gasteiger partial charge is 0.487 e. The normalized spacial score (nSPS) is 17.0. The molecule has 2 aliphatic carbocycles. The first-order chi connectivity index (χ1) is 12.2. The third kappa shape index (κ3) is 3.72. The van der Waals surface area contributed by atoms with E-state index in [0.717, 1.165) is 32.1 Å². The molecule has 2 saturated carbocycles. The summed E-state index contributed by atoms with van der Waals surface area (Å²) in [5.41, 5.74) is 0.375. The fourth-order valence-corrected chi connectivity index (χ4v) is 2.73. The van der Waals surface area contributed by atoms with Crippen molar-refractivity contribution in [2.45, 2.75) is 50.8 Å². The first-order valence-electron chi connectivity index (χ1n) is 8.58. The van der Waals surface area contributed by atoms with Gasteiger partial charge < -0.3 is 19.9 Å². The van der Waals surface area contributed by atoms with Crippen molar-refractivity contribution in [1.29, 1.82) is 0 Å². The number of ether oxygens (including phenoxy) is 1. The van der Waals surface area contributed by atoms with Crippen LogP contribution in [-0.4, -0.2) is 26.9 Å². The van der Waals surface area contributed by atoms with Crippen LogP contribution in [-0.2, 0) is 6.54 Å². The molecular formula is C17H20FN5O2. The van der Waals surface area contributed by atoms with Crippen molar-refractivity contribution in [1.82, 2.24) is 20.1 Å². The molecule has 0 aliphatic heterocycles. The monoisotopic (exact) mass is 345 g/mol. The summed E-state index contributed by atoms with van der Waals surface area (Å²) in [6.07, 6.45) is 7.09. The standard InChI is InChI=1S/C17H20FN5O2/c18-14-8-11(4-7-15(14)25-13-2-1-3-13)21-17(24)19-9-16-22-20-10-23(16)12-5-6-12/h4,7-8,10,12-13H,1-3,5-6,9H2,(H2,19,21,24). The fraction of sp³-hybridized carbons (Fsp3) is 0.471. The molecule has 7 nitrogen and oxygen atoms in total. The van der Waals surface area contributed by atoms with Crippen LogP contribution in [0.2, 0.25) is 0 Å². The van der Waals surface area contributed by atoms with Crippen molar-refractivity contribution < 1.29 is 13.9 Å². The van der Waals surface area contributed by atoms with Crippen molar-refractivity contribution in [3.8, 4) is 5.75 Å². The summed E-state index contributed by atoms with van der Waals surface area (Å²) in [6, 6.07) is 4.47. The molecule has 0 spiro atoms. The molecule has 0 saturated heterocycles. The van der Waals surface area contributed by atoms with Gasteiger partial charge in [0.05, 0.1) is 12.6 Å². The number of benzene rings is 1. The van der Waals surface area contributed by atoms with E-state index in [1.807, 2.05) is 4.57 Å². The van der Waals surface area contributed by atoms with E-state index in [4.69, 9.17) is 4.74 Å². The number of carbonyl (C=O) groups is 1. The van der Waals surface area contributed by atoms with Crippen LogP contribution in [0.1, 0.15) is 44.0 Å². The minimum Gasteiger partial charge on any atom is -0.487 e. The van der Waals surface area contributed by atoms with E-state index in [1.165, 1.54) is 6.07 Å². The lowest BCUT2D eigenvalue weighted by Crippen LogP contribution is -2.29. The molecule has 0 unspecified atom stereocenters. The predicted octanol–water partition coefficient (Wildman–Crippen LogP) is 3.01. The average Bonchev–Trinajstić information content (AvgIpc) is 3.29. The van der Waals surface area contributed by atoms with E-state index >= 15 is 0 Å². The third-order valence-corrected chi connectivity index (χ3v) is 4.53. The maximum Gasteiger partial charge on any atom is 0.319 e. The van der Waals surface area contributed by atoms with Crippen molar-refractivity contribution >= 4 is 11.7 Å². The molecule has 2 aromatic rings. The van der Waals surface area contributed by atoms with E-state index in [-0.39, 0.29) is 18.4 Å². The second-order valence-corrected chi connectivity index (χ2v) is 6.51. The Kier molecular flexibility index (Phi) is 4.25. The molecule has 2 N–H and O–H groups in total. The number of anilines is 1. The maximum absolute atomic E-state index is 14.1. The Balaban J connectivity index is 1.31. The van der Waals surface area contributed by atoms with E-state index in [9.17, 15) is 9.18 Å². The molecule has 0 atom stereocenters. The minimum atomic E-state index is -0.474. The Labute approximate surface area is 144 Å². The maximum atomic E-state index is 14.1. The van der Waals surface area contributed by atoms with Crippen LogP contribution in [0.15, 0.2) is 24.5 Å². The molecule has 1 heterocycles. The van der Waals surface area contributed by atoms with Gasteiger partial charge in [-0.25, -0.2) is 9.18 Å². The number of nitrogens with zero attached hydrogens (tertiary/aromatic N) is 3. The van der Waals surface area contributed by atoms with E-state index in [1.54, 1.807) is 18.5 Å². The summed E-state index contributed by atoms with van der Waals surface area (Å²) in [4.78, 5) is 12.0. The highest BCUT2D eigenvalue weighted by Gasteiger charge is 2.26. The van der Waals surface area contributed by atoms with Gasteiger partial charge in [0.1, 0.15) is 6.33 Å². The molecule has 8 heteroatoms. The van der Waals surface area contributed by atoms with Gasteiger partial charge in [0.25, 0.3) is 0 Å². The molecule has 132 valence electrons. The van der Waals surface area contributed by atoms with Gasteiger partial charge >= 0.3 is 6.03 Å². The van der Waals surface area contributed by atoms with Crippen LogP contribution in [0, 0.1) is 5.82 Å². The van der Waals surface area contributed by atoms with Crippen LogP contribution in [0.25, 0.3) is 0 Å². The molecule has 2 amide bonds. The Bertz CT molecular complexity index is 770. The SMILES string of the molecule is O=C(NCc1nncn1C1CC1)Nc1ccc(OC2CCC2)c(F)c1. The Morgan fingerprint density at radius 2 is 2.16 bits per heavy atom. The first kappa shape index (κ1) is 15.9. The topological polar surface area (TPSA) is 81.1 Å². The van der Waals surface area contributed by atoms with Crippen molar-refractivity contribution in [3.05, 3.63) is 36.2 Å². The molecule has 2 aliphatic rings. The van der Waals surface area contributed by atoms with E-state index < -0.39 is 11.8 Å². The van der Waals surface area contributed by atoms with Gasteiger partial charge in [0.2, 0.25) is 0 Å². The lowest BCUT2D eigenvalue weighted by Gasteiger charge is -2.26. The van der Waals surface area contributed by atoms with Crippen LogP contribution >= 0.6 is 0 Å². The van der Waals surface area contributed by atoms with Crippen molar-refractivity contribution in [2.24, 2.45) is 0 Å². The van der Waals surface area contributed by atoms with Gasteiger partial charge in [0, 0.05) is 17.8 Å². The number of carbonyl (C=O) groups excluding carboxylic acids is 1. The van der Waals surface area contributed by atoms with Crippen LogP contribution < -0.4 is 15.4 Å². The third-order valence-electron chi connectivity index (χ3n) is 4.53. The number of hydrogen-bond acceptors (Lipinski definition) is 4. The van der Waals surface area contributed by atoms with E-state index in [0.29, 0.717) is 17.6 Å². The lowest BCUT2D eigenvalue weighted by atomic mass is 9.96. The highest BCUT2D eigenvalue weighted by atomic mass is 19.1. The molecule has 2 fully saturated rings. The molecule has 1 aromatic heterocycles. The van der Waals surface area contributed by atoms with Gasteiger partial charge in [-0.1, -0.05) is 0 Å². The zero-order valence-corrected chi connectivity index (χ0v) is 13.7. The number of halogens is 1. The highest BCUT2D eigenvalue weighted by Crippen LogP contribution is 2.35. The number of hydrogen-bond donors (Lipinski definition) is 2. The summed E-state index contributed by atoms with van der Waals surface area (Å²) >= 11 is 0. The number of amides is 2. The van der Waals surface area contributed by atoms with Gasteiger partial charge in [0.15, 0.2) is 17.4 Å². The van der Waals surface area contributed by atoms with Crippen LogP contribution in [0.4, 0.5) is 14.9 Å².